The van der Waals surface area contributed by atoms with Crippen LogP contribution in [-0.2, 0) is 19.3 Å². The Morgan fingerprint density at radius 3 is 2.31 bits per heavy atom. The topological polar surface area (TPSA) is 152 Å². The van der Waals surface area contributed by atoms with E-state index in [0.29, 0.717) is 28.9 Å². The Morgan fingerprint density at radius 2 is 1.62 bits per heavy atom. The van der Waals surface area contributed by atoms with Gasteiger partial charge in [0.15, 0.2) is 15.0 Å². The van der Waals surface area contributed by atoms with Gasteiger partial charge >= 0.3 is 5.97 Å². The third kappa shape index (κ3) is 8.25. The number of esters is 1. The van der Waals surface area contributed by atoms with E-state index in [1.807, 2.05) is 6.92 Å². The fraction of sp³-hybridized carbons (Fsp3) is 0.214. The minimum atomic E-state index is -3.36. The molecule has 0 aliphatic heterocycles. The number of hydrogen-bond donors (Lipinski definition) is 1. The maximum Gasteiger partial charge on any atom is 0.339 e. The van der Waals surface area contributed by atoms with Crippen molar-refractivity contribution in [2.45, 2.75) is 17.9 Å². The third-order valence-electron chi connectivity index (χ3n) is 5.43. The summed E-state index contributed by atoms with van der Waals surface area (Å²) < 4.78 is 50.9. The maximum atomic E-state index is 13.2. The van der Waals surface area contributed by atoms with E-state index in [1.54, 1.807) is 19.2 Å². The van der Waals surface area contributed by atoms with Crippen molar-refractivity contribution < 1.29 is 41.7 Å². The van der Waals surface area contributed by atoms with Crippen molar-refractivity contribution in [3.8, 4) is 28.1 Å². The molecule has 1 amide bonds. The van der Waals surface area contributed by atoms with Crippen molar-refractivity contribution in [2.24, 2.45) is 0 Å². The molecule has 0 aliphatic rings. The van der Waals surface area contributed by atoms with Crippen molar-refractivity contribution in [2.75, 3.05) is 32.4 Å². The van der Waals surface area contributed by atoms with Gasteiger partial charge in [-0.15, -0.1) is 0 Å². The third-order valence-corrected chi connectivity index (χ3v) is 7.35. The van der Waals surface area contributed by atoms with Crippen LogP contribution in [0.5, 0.6) is 28.1 Å². The SMILES string of the molecule is COC[C@H](C)Oc1cc(Oc2ccc(S(C)(=O)=O)cc2)cc(C(=O)Nc2ncc(Oc3cncc(C(=O)OC)c3)s2)c1. The van der Waals surface area contributed by atoms with E-state index in [2.05, 4.69) is 15.3 Å². The first kappa shape index (κ1) is 30.4. The first-order chi connectivity index (χ1) is 20.0. The molecule has 220 valence electrons. The van der Waals surface area contributed by atoms with E-state index in [1.165, 1.54) is 62.1 Å². The van der Waals surface area contributed by atoms with Crippen molar-refractivity contribution in [1.82, 2.24) is 9.97 Å². The fourth-order valence-corrected chi connectivity index (χ4v) is 4.89. The first-order valence-electron chi connectivity index (χ1n) is 12.3. The van der Waals surface area contributed by atoms with Crippen LogP contribution in [0, 0.1) is 0 Å². The van der Waals surface area contributed by atoms with Crippen molar-refractivity contribution >= 4 is 38.2 Å². The van der Waals surface area contributed by atoms with Gasteiger partial charge in [0.25, 0.3) is 5.91 Å². The molecule has 0 bridgehead atoms. The molecule has 42 heavy (non-hydrogen) atoms. The van der Waals surface area contributed by atoms with E-state index in [-0.39, 0.29) is 33.0 Å². The zero-order valence-electron chi connectivity index (χ0n) is 23.0. The summed E-state index contributed by atoms with van der Waals surface area (Å²) in [7, 11) is -0.545. The van der Waals surface area contributed by atoms with Crippen LogP contribution >= 0.6 is 11.3 Å². The van der Waals surface area contributed by atoms with Crippen LogP contribution in [0.25, 0.3) is 0 Å². The zero-order chi connectivity index (χ0) is 30.3. The number of carbonyl (C=O) groups excluding carboxylic acids is 2. The van der Waals surface area contributed by atoms with Crippen LogP contribution in [0.15, 0.2) is 72.0 Å². The predicted molar refractivity (Wildman–Crippen MR) is 154 cm³/mol. The lowest BCUT2D eigenvalue weighted by molar-refractivity contribution is 0.0599. The molecule has 2 aromatic heterocycles. The summed E-state index contributed by atoms with van der Waals surface area (Å²) in [6.45, 7) is 2.13. The first-order valence-corrected chi connectivity index (χ1v) is 15.0. The number of sulfone groups is 1. The Morgan fingerprint density at radius 1 is 0.905 bits per heavy atom. The Balaban J connectivity index is 1.52. The summed E-state index contributed by atoms with van der Waals surface area (Å²) in [6, 6.07) is 12.1. The number of pyridine rings is 1. The minimum Gasteiger partial charge on any atom is -0.488 e. The molecule has 1 N–H and O–H groups in total. The molecule has 14 heteroatoms. The van der Waals surface area contributed by atoms with Gasteiger partial charge in [-0.25, -0.2) is 18.2 Å². The molecule has 2 heterocycles. The van der Waals surface area contributed by atoms with Gasteiger partial charge in [0.05, 0.1) is 36.6 Å². The van der Waals surface area contributed by atoms with E-state index < -0.39 is 21.7 Å². The molecule has 0 spiro atoms. The lowest BCUT2D eigenvalue weighted by Gasteiger charge is -2.16. The zero-order valence-corrected chi connectivity index (χ0v) is 24.7. The van der Waals surface area contributed by atoms with Gasteiger partial charge in [0.1, 0.15) is 29.1 Å². The highest BCUT2D eigenvalue weighted by atomic mass is 32.2. The number of anilines is 1. The van der Waals surface area contributed by atoms with E-state index in [4.69, 9.17) is 23.7 Å². The number of benzene rings is 2. The molecule has 0 unspecified atom stereocenters. The fourth-order valence-electron chi connectivity index (χ4n) is 3.58. The molecule has 0 saturated carbocycles. The minimum absolute atomic E-state index is 0.152. The van der Waals surface area contributed by atoms with Crippen LogP contribution in [0.2, 0.25) is 0 Å². The summed E-state index contributed by atoms with van der Waals surface area (Å²) in [6.07, 6.45) is 5.00. The second kappa shape index (κ2) is 13.4. The summed E-state index contributed by atoms with van der Waals surface area (Å²) in [5.74, 6) is 0.255. The number of rotatable bonds is 12. The Hall–Kier alpha value is -4.53. The van der Waals surface area contributed by atoms with Gasteiger partial charge in [-0.1, -0.05) is 11.3 Å². The van der Waals surface area contributed by atoms with Gasteiger partial charge < -0.3 is 23.7 Å². The lowest BCUT2D eigenvalue weighted by atomic mass is 10.2. The number of amides is 1. The Labute approximate surface area is 246 Å². The number of carbonyl (C=O) groups is 2. The molecule has 4 rings (SSSR count). The number of hydrogen-bond acceptors (Lipinski definition) is 12. The van der Waals surface area contributed by atoms with Gasteiger partial charge in [0, 0.05) is 31.2 Å². The van der Waals surface area contributed by atoms with Crippen LogP contribution in [-0.4, -0.2) is 63.4 Å². The quantitative estimate of drug-likeness (QED) is 0.215. The number of nitrogens with zero attached hydrogens (tertiary/aromatic N) is 2. The molecule has 0 fully saturated rings. The summed E-state index contributed by atoms with van der Waals surface area (Å²) in [5, 5.41) is 3.32. The van der Waals surface area contributed by atoms with Crippen LogP contribution in [0.4, 0.5) is 5.13 Å². The van der Waals surface area contributed by atoms with Crippen LogP contribution in [0.1, 0.15) is 27.6 Å². The van der Waals surface area contributed by atoms with Gasteiger partial charge in [-0.05, 0) is 49.4 Å². The monoisotopic (exact) mass is 613 g/mol. The summed E-state index contributed by atoms with van der Waals surface area (Å²) in [4.78, 5) is 33.3. The summed E-state index contributed by atoms with van der Waals surface area (Å²) >= 11 is 1.06. The second-order valence-corrected chi connectivity index (χ2v) is 11.9. The molecule has 0 aliphatic carbocycles. The number of methoxy groups -OCH3 is 2. The molecule has 4 aromatic rings. The molecule has 1 atom stereocenters. The predicted octanol–water partition coefficient (Wildman–Crippen LogP) is 4.98. The van der Waals surface area contributed by atoms with E-state index in [0.717, 1.165) is 17.6 Å². The highest BCUT2D eigenvalue weighted by Crippen LogP contribution is 2.32. The van der Waals surface area contributed by atoms with Gasteiger partial charge in [0.2, 0.25) is 5.06 Å². The molecule has 2 aromatic carbocycles. The molecular formula is C28H27N3O9S2. The molecule has 12 nitrogen and oxygen atoms in total. The number of thiazole rings is 1. The second-order valence-electron chi connectivity index (χ2n) is 8.86. The lowest BCUT2D eigenvalue weighted by Crippen LogP contribution is -2.18. The largest absolute Gasteiger partial charge is 0.488 e. The van der Waals surface area contributed by atoms with E-state index in [9.17, 15) is 18.0 Å². The van der Waals surface area contributed by atoms with Crippen LogP contribution in [0.3, 0.4) is 0 Å². The van der Waals surface area contributed by atoms with Gasteiger partial charge in [-0.3, -0.25) is 15.1 Å². The normalized spacial score (nSPS) is 11.8. The van der Waals surface area contributed by atoms with Crippen molar-refractivity contribution in [3.63, 3.8) is 0 Å². The average molecular weight is 614 g/mol. The van der Waals surface area contributed by atoms with Crippen LogP contribution < -0.4 is 19.5 Å². The van der Waals surface area contributed by atoms with Crippen molar-refractivity contribution in [3.05, 3.63) is 78.2 Å². The molecular weight excluding hydrogens is 586 g/mol. The molecule has 0 saturated heterocycles. The Bertz CT molecular complexity index is 1670. The number of nitrogens with one attached hydrogen (secondary N) is 1. The standard InChI is InChI=1S/C28H27N3O9S2/c1-17(16-36-2)38-21-9-18(10-22(12-21)39-20-5-7-24(8-6-20)42(4,34)35)26(32)31-28-30-15-25(41-28)40-23-11-19(13-29-14-23)27(33)37-3/h5-15,17H,16H2,1-4H3,(H,30,31,32)/t17-/m0/s1. The average Bonchev–Trinajstić information content (AvgIpc) is 3.38. The summed E-state index contributed by atoms with van der Waals surface area (Å²) in [5.41, 5.74) is 0.437. The number of aromatic nitrogens is 2. The highest BCUT2D eigenvalue weighted by molar-refractivity contribution is 7.90. The van der Waals surface area contributed by atoms with Crippen molar-refractivity contribution in [1.29, 1.82) is 0 Å². The van der Waals surface area contributed by atoms with E-state index >= 15 is 0 Å². The number of ether oxygens (including phenoxy) is 5. The maximum absolute atomic E-state index is 13.2. The smallest absolute Gasteiger partial charge is 0.339 e. The highest BCUT2D eigenvalue weighted by Gasteiger charge is 2.16. The van der Waals surface area contributed by atoms with Gasteiger partial charge in [-0.2, -0.15) is 0 Å². The Kier molecular flexibility index (Phi) is 9.72. The molecule has 0 radical (unpaired) electrons.